The summed E-state index contributed by atoms with van der Waals surface area (Å²) in [7, 11) is 0. The number of carbonyl (C=O) groups is 1. The summed E-state index contributed by atoms with van der Waals surface area (Å²) in [5.41, 5.74) is 3.38. The summed E-state index contributed by atoms with van der Waals surface area (Å²) in [6.07, 6.45) is 0.851. The van der Waals surface area contributed by atoms with Crippen molar-refractivity contribution in [2.24, 2.45) is 0 Å². The zero-order valence-electron chi connectivity index (χ0n) is 16.1. The van der Waals surface area contributed by atoms with Gasteiger partial charge in [0.2, 0.25) is 0 Å². The Labute approximate surface area is 167 Å². The molecule has 0 bridgehead atoms. The summed E-state index contributed by atoms with van der Waals surface area (Å²) in [6, 6.07) is 15.1. The van der Waals surface area contributed by atoms with Gasteiger partial charge in [0.1, 0.15) is 24.2 Å². The van der Waals surface area contributed by atoms with Gasteiger partial charge in [0.25, 0.3) is 0 Å². The Kier molecular flexibility index (Phi) is 4.77. The van der Waals surface area contributed by atoms with Crippen LogP contribution in [0, 0.1) is 0 Å². The number of furan rings is 1. The summed E-state index contributed by atoms with van der Waals surface area (Å²) >= 11 is 1.59. The molecule has 142 valence electrons. The zero-order valence-corrected chi connectivity index (χ0v) is 16.9. The van der Waals surface area contributed by atoms with Crippen molar-refractivity contribution in [1.29, 1.82) is 0 Å². The quantitative estimate of drug-likeness (QED) is 0.378. The Morgan fingerprint density at radius 1 is 1.14 bits per heavy atom. The highest BCUT2D eigenvalue weighted by molar-refractivity contribution is 7.13. The molecule has 0 radical (unpaired) electrons. The van der Waals surface area contributed by atoms with Gasteiger partial charge < -0.3 is 9.15 Å². The van der Waals surface area contributed by atoms with Crippen LogP contribution in [0.3, 0.4) is 0 Å². The first-order chi connectivity index (χ1) is 13.4. The van der Waals surface area contributed by atoms with E-state index in [2.05, 4.69) is 26.2 Å². The van der Waals surface area contributed by atoms with Crippen LogP contribution in [-0.4, -0.2) is 11.3 Å². The highest BCUT2D eigenvalue weighted by atomic mass is 32.1. The second-order valence-electron chi connectivity index (χ2n) is 7.70. The predicted octanol–water partition coefficient (Wildman–Crippen LogP) is 6.25. The number of aldehydes is 1. The second-order valence-corrected chi connectivity index (χ2v) is 8.56. The third-order valence-corrected chi connectivity index (χ3v) is 5.40. The van der Waals surface area contributed by atoms with E-state index in [4.69, 9.17) is 14.1 Å². The van der Waals surface area contributed by atoms with Crippen molar-refractivity contribution in [2.45, 2.75) is 32.8 Å². The molecule has 4 nitrogen and oxygen atoms in total. The lowest BCUT2D eigenvalue weighted by atomic mass is 9.93. The fourth-order valence-corrected chi connectivity index (χ4v) is 3.89. The number of fused-ring (bicyclic) bond motifs is 1. The van der Waals surface area contributed by atoms with E-state index in [-0.39, 0.29) is 5.41 Å². The molecule has 0 N–H and O–H groups in total. The molecule has 0 saturated heterocycles. The van der Waals surface area contributed by atoms with Gasteiger partial charge in [-0.2, -0.15) is 0 Å². The van der Waals surface area contributed by atoms with E-state index >= 15 is 0 Å². The first-order valence-corrected chi connectivity index (χ1v) is 9.98. The molecule has 0 saturated carbocycles. The van der Waals surface area contributed by atoms with Gasteiger partial charge in [0.15, 0.2) is 10.8 Å². The maximum Gasteiger partial charge on any atom is 0.164 e. The predicted molar refractivity (Wildman–Crippen MR) is 112 cm³/mol. The van der Waals surface area contributed by atoms with Crippen molar-refractivity contribution in [3.63, 3.8) is 0 Å². The fraction of sp³-hybridized carbons (Fsp3) is 0.217. The Hall–Kier alpha value is -2.92. The number of thiazole rings is 1. The second kappa shape index (κ2) is 7.24. The number of ether oxygens (including phenoxy) is 1. The lowest BCUT2D eigenvalue weighted by molar-refractivity contribution is 0.112. The highest BCUT2D eigenvalue weighted by Crippen LogP contribution is 2.34. The van der Waals surface area contributed by atoms with Crippen molar-refractivity contribution in [3.8, 4) is 16.5 Å². The molecule has 2 heterocycles. The van der Waals surface area contributed by atoms with Crippen LogP contribution in [0.25, 0.3) is 21.7 Å². The Morgan fingerprint density at radius 2 is 1.96 bits per heavy atom. The topological polar surface area (TPSA) is 52.3 Å². The minimum absolute atomic E-state index is 0.0135. The Morgan fingerprint density at radius 3 is 2.71 bits per heavy atom. The van der Waals surface area contributed by atoms with Crippen LogP contribution in [0.4, 0.5) is 0 Å². The van der Waals surface area contributed by atoms with Gasteiger partial charge in [-0.05, 0) is 29.8 Å². The summed E-state index contributed by atoms with van der Waals surface area (Å²) in [4.78, 5) is 15.9. The standard InChI is InChI=1S/C23H21NO3S/c1-23(2,3)21-14-28-22(24-21)20-11-17-10-18(8-9-19(17)27-20)26-13-16-7-5-4-6-15(16)12-25/h4-12,14H,13H2,1-3H3. The number of aromatic nitrogens is 1. The van der Waals surface area contributed by atoms with E-state index in [1.165, 1.54) is 0 Å². The molecule has 4 aromatic rings. The van der Waals surface area contributed by atoms with Gasteiger partial charge in [-0.25, -0.2) is 4.98 Å². The van der Waals surface area contributed by atoms with Crippen LogP contribution in [0.15, 0.2) is 58.3 Å². The number of nitrogens with zero attached hydrogens (tertiary/aromatic N) is 1. The normalized spacial score (nSPS) is 11.7. The minimum atomic E-state index is 0.0135. The van der Waals surface area contributed by atoms with Crippen molar-refractivity contribution >= 4 is 28.6 Å². The van der Waals surface area contributed by atoms with Crippen molar-refractivity contribution in [3.05, 3.63) is 70.7 Å². The van der Waals surface area contributed by atoms with E-state index in [9.17, 15) is 4.79 Å². The van der Waals surface area contributed by atoms with E-state index < -0.39 is 0 Å². The van der Waals surface area contributed by atoms with Gasteiger partial charge in [0, 0.05) is 21.7 Å². The van der Waals surface area contributed by atoms with Crippen LogP contribution in [0.1, 0.15) is 42.4 Å². The molecule has 0 aliphatic heterocycles. The summed E-state index contributed by atoms with van der Waals surface area (Å²) in [5.74, 6) is 1.49. The van der Waals surface area contributed by atoms with Crippen LogP contribution < -0.4 is 4.74 Å². The Bertz CT molecular complexity index is 1130. The monoisotopic (exact) mass is 391 g/mol. The van der Waals surface area contributed by atoms with Gasteiger partial charge in [-0.15, -0.1) is 11.3 Å². The lowest BCUT2D eigenvalue weighted by Crippen LogP contribution is -2.11. The van der Waals surface area contributed by atoms with E-state index in [1.54, 1.807) is 17.4 Å². The largest absolute Gasteiger partial charge is 0.489 e. The molecular weight excluding hydrogens is 370 g/mol. The smallest absolute Gasteiger partial charge is 0.164 e. The van der Waals surface area contributed by atoms with Crippen molar-refractivity contribution in [1.82, 2.24) is 4.98 Å². The van der Waals surface area contributed by atoms with Crippen LogP contribution in [0.5, 0.6) is 5.75 Å². The molecule has 0 unspecified atom stereocenters. The average molecular weight is 391 g/mol. The summed E-state index contributed by atoms with van der Waals surface area (Å²) in [6.45, 7) is 6.79. The number of benzene rings is 2. The number of rotatable bonds is 5. The fourth-order valence-electron chi connectivity index (χ4n) is 2.89. The molecule has 28 heavy (non-hydrogen) atoms. The first kappa shape index (κ1) is 18.4. The molecule has 0 spiro atoms. The average Bonchev–Trinajstić information content (AvgIpc) is 3.32. The van der Waals surface area contributed by atoms with Crippen LogP contribution in [-0.2, 0) is 12.0 Å². The van der Waals surface area contributed by atoms with E-state index in [1.807, 2.05) is 42.5 Å². The number of hydrogen-bond donors (Lipinski definition) is 0. The summed E-state index contributed by atoms with van der Waals surface area (Å²) < 4.78 is 11.9. The summed E-state index contributed by atoms with van der Waals surface area (Å²) in [5, 5.41) is 3.92. The molecule has 0 aliphatic carbocycles. The molecule has 0 aliphatic rings. The van der Waals surface area contributed by atoms with Gasteiger partial charge in [-0.3, -0.25) is 4.79 Å². The van der Waals surface area contributed by atoms with Gasteiger partial charge in [0.05, 0.1) is 5.69 Å². The highest BCUT2D eigenvalue weighted by Gasteiger charge is 2.19. The minimum Gasteiger partial charge on any atom is -0.489 e. The number of carbonyl (C=O) groups excluding carboxylic acids is 1. The molecule has 5 heteroatoms. The van der Waals surface area contributed by atoms with E-state index in [0.717, 1.165) is 45.0 Å². The maximum atomic E-state index is 11.1. The van der Waals surface area contributed by atoms with E-state index in [0.29, 0.717) is 12.2 Å². The van der Waals surface area contributed by atoms with Crippen LogP contribution >= 0.6 is 11.3 Å². The first-order valence-electron chi connectivity index (χ1n) is 9.10. The molecule has 2 aromatic carbocycles. The van der Waals surface area contributed by atoms with Crippen molar-refractivity contribution < 1.29 is 13.9 Å². The van der Waals surface area contributed by atoms with Gasteiger partial charge in [-0.1, -0.05) is 45.0 Å². The molecule has 0 amide bonds. The zero-order chi connectivity index (χ0) is 19.7. The van der Waals surface area contributed by atoms with Crippen LogP contribution in [0.2, 0.25) is 0 Å². The number of hydrogen-bond acceptors (Lipinski definition) is 5. The molecule has 0 fully saturated rings. The molecular formula is C23H21NO3S. The van der Waals surface area contributed by atoms with Crippen molar-refractivity contribution in [2.75, 3.05) is 0 Å². The molecule has 0 atom stereocenters. The van der Waals surface area contributed by atoms with Gasteiger partial charge >= 0.3 is 0 Å². The molecule has 2 aromatic heterocycles. The molecule has 4 rings (SSSR count). The Balaban J connectivity index is 1.56. The lowest BCUT2D eigenvalue weighted by Gasteiger charge is -2.13. The SMILES string of the molecule is CC(C)(C)c1csc(-c2cc3cc(OCc4ccccc4C=O)ccc3o2)n1. The third kappa shape index (κ3) is 3.71. The third-order valence-electron chi connectivity index (χ3n) is 4.55. The maximum absolute atomic E-state index is 11.1.